The van der Waals surface area contributed by atoms with Crippen LogP contribution < -0.4 is 5.56 Å². The Bertz CT molecular complexity index is 563. The molecule has 1 aliphatic heterocycles. The smallest absolute Gasteiger partial charge is 0.251 e. The van der Waals surface area contributed by atoms with Crippen molar-refractivity contribution in [3.8, 4) is 0 Å². The van der Waals surface area contributed by atoms with Gasteiger partial charge in [-0.05, 0) is 40.8 Å². The Hall–Kier alpha value is -1.14. The fraction of sp³-hybridized carbons (Fsp3) is 0.625. The number of pyridine rings is 1. The van der Waals surface area contributed by atoms with Crippen LogP contribution in [0.2, 0.25) is 0 Å². The number of ether oxygens (including phenoxy) is 1. The molecule has 2 rings (SSSR count). The molecule has 2 heterocycles. The van der Waals surface area contributed by atoms with Gasteiger partial charge in [0.1, 0.15) is 6.54 Å². The number of hydrogen-bond acceptors (Lipinski definition) is 3. The van der Waals surface area contributed by atoms with E-state index in [4.69, 9.17) is 4.74 Å². The van der Waals surface area contributed by atoms with Crippen LogP contribution in [0.25, 0.3) is 0 Å². The second-order valence-corrected chi connectivity index (χ2v) is 7.04. The van der Waals surface area contributed by atoms with Gasteiger partial charge in [0.25, 0.3) is 5.56 Å². The van der Waals surface area contributed by atoms with Crippen LogP contribution in [-0.2, 0) is 16.1 Å². The largest absolute Gasteiger partial charge is 0.378 e. The van der Waals surface area contributed by atoms with Crippen LogP contribution in [0.5, 0.6) is 0 Å². The molecule has 22 heavy (non-hydrogen) atoms. The van der Waals surface area contributed by atoms with Crippen molar-refractivity contribution in [1.82, 2.24) is 9.47 Å². The normalized spacial score (nSPS) is 16.3. The highest BCUT2D eigenvalue weighted by Crippen LogP contribution is 2.15. The fourth-order valence-corrected chi connectivity index (χ4v) is 2.85. The van der Waals surface area contributed by atoms with Gasteiger partial charge in [-0.1, -0.05) is 13.8 Å². The molecule has 0 unspecified atom stereocenters. The summed E-state index contributed by atoms with van der Waals surface area (Å²) in [6.45, 7) is 6.53. The summed E-state index contributed by atoms with van der Waals surface area (Å²) < 4.78 is 8.06. The van der Waals surface area contributed by atoms with E-state index in [1.165, 1.54) is 10.6 Å². The molecule has 0 saturated carbocycles. The van der Waals surface area contributed by atoms with E-state index in [2.05, 4.69) is 29.8 Å². The lowest BCUT2D eigenvalue weighted by atomic mass is 10.1. The van der Waals surface area contributed by atoms with E-state index in [0.717, 1.165) is 23.9 Å². The minimum absolute atomic E-state index is 0.0116. The Morgan fingerprint density at radius 2 is 2.05 bits per heavy atom. The summed E-state index contributed by atoms with van der Waals surface area (Å²) in [7, 11) is 0. The van der Waals surface area contributed by atoms with Crippen molar-refractivity contribution in [2.24, 2.45) is 5.92 Å². The van der Waals surface area contributed by atoms with Crippen LogP contribution in [0.3, 0.4) is 0 Å². The van der Waals surface area contributed by atoms with Gasteiger partial charge in [-0.25, -0.2) is 0 Å². The molecule has 1 aromatic heterocycles. The predicted octanol–water partition coefficient (Wildman–Crippen LogP) is 2.27. The number of likely N-dealkylation sites (tertiary alicyclic amines) is 1. The zero-order chi connectivity index (χ0) is 16.1. The zero-order valence-electron chi connectivity index (χ0n) is 13.1. The molecule has 0 N–H and O–H groups in total. The number of aromatic nitrogens is 1. The van der Waals surface area contributed by atoms with Crippen LogP contribution >= 0.6 is 15.9 Å². The predicted molar refractivity (Wildman–Crippen MR) is 88.8 cm³/mol. The van der Waals surface area contributed by atoms with Gasteiger partial charge in [0.2, 0.25) is 5.91 Å². The van der Waals surface area contributed by atoms with Crippen LogP contribution in [0.15, 0.2) is 27.6 Å². The molecule has 1 aromatic rings. The Morgan fingerprint density at radius 1 is 1.36 bits per heavy atom. The maximum absolute atomic E-state index is 12.3. The van der Waals surface area contributed by atoms with Crippen LogP contribution in [0.4, 0.5) is 0 Å². The van der Waals surface area contributed by atoms with Crippen molar-refractivity contribution in [1.29, 1.82) is 0 Å². The first-order valence-corrected chi connectivity index (χ1v) is 8.50. The Kier molecular flexibility index (Phi) is 6.20. The monoisotopic (exact) mass is 370 g/mol. The number of halogens is 1. The number of carbonyl (C=O) groups is 1. The van der Waals surface area contributed by atoms with Crippen molar-refractivity contribution in [3.05, 3.63) is 33.2 Å². The molecule has 1 amide bonds. The summed E-state index contributed by atoms with van der Waals surface area (Å²) in [5.74, 6) is 0.519. The quantitative estimate of drug-likeness (QED) is 0.798. The molecular weight excluding hydrogens is 348 g/mol. The lowest BCUT2D eigenvalue weighted by Gasteiger charge is -2.32. The van der Waals surface area contributed by atoms with Gasteiger partial charge in [-0.15, -0.1) is 0 Å². The molecule has 0 atom stereocenters. The fourth-order valence-electron chi connectivity index (χ4n) is 2.47. The minimum atomic E-state index is -0.160. The first kappa shape index (κ1) is 17.2. The van der Waals surface area contributed by atoms with Gasteiger partial charge in [0.05, 0.1) is 6.10 Å². The molecule has 5 nitrogen and oxygen atoms in total. The standard InChI is InChI=1S/C16H23BrN2O3/c1-12(2)11-22-14-5-7-18(8-6-14)16(21)10-19-9-13(17)3-4-15(19)20/h3-4,9,12,14H,5-8,10-11H2,1-2H3. The summed E-state index contributed by atoms with van der Waals surface area (Å²) in [4.78, 5) is 25.9. The van der Waals surface area contributed by atoms with E-state index >= 15 is 0 Å². The summed E-state index contributed by atoms with van der Waals surface area (Å²) >= 11 is 3.32. The van der Waals surface area contributed by atoms with Gasteiger partial charge in [-0.3, -0.25) is 9.59 Å². The van der Waals surface area contributed by atoms with Gasteiger partial charge in [0.15, 0.2) is 0 Å². The van der Waals surface area contributed by atoms with E-state index in [1.807, 2.05) is 4.90 Å². The van der Waals surface area contributed by atoms with Crippen molar-refractivity contribution in [3.63, 3.8) is 0 Å². The summed E-state index contributed by atoms with van der Waals surface area (Å²) in [6, 6.07) is 3.14. The highest BCUT2D eigenvalue weighted by atomic mass is 79.9. The lowest BCUT2D eigenvalue weighted by Crippen LogP contribution is -2.43. The van der Waals surface area contributed by atoms with Crippen molar-refractivity contribution < 1.29 is 9.53 Å². The average Bonchev–Trinajstić information content (AvgIpc) is 2.49. The zero-order valence-corrected chi connectivity index (χ0v) is 14.7. The second kappa shape index (κ2) is 7.92. The number of hydrogen-bond donors (Lipinski definition) is 0. The van der Waals surface area contributed by atoms with Crippen molar-refractivity contribution >= 4 is 21.8 Å². The average molecular weight is 371 g/mol. The number of piperidine rings is 1. The molecular formula is C16H23BrN2O3. The highest BCUT2D eigenvalue weighted by Gasteiger charge is 2.23. The first-order valence-electron chi connectivity index (χ1n) is 7.71. The summed E-state index contributed by atoms with van der Waals surface area (Å²) in [5, 5.41) is 0. The highest BCUT2D eigenvalue weighted by molar-refractivity contribution is 9.10. The molecule has 0 aliphatic carbocycles. The SMILES string of the molecule is CC(C)COC1CCN(C(=O)Cn2cc(Br)ccc2=O)CC1. The van der Waals surface area contributed by atoms with Gasteiger partial charge in [-0.2, -0.15) is 0 Å². The van der Waals surface area contributed by atoms with E-state index in [-0.39, 0.29) is 24.1 Å². The molecule has 122 valence electrons. The van der Waals surface area contributed by atoms with E-state index in [1.54, 1.807) is 12.3 Å². The maximum atomic E-state index is 12.3. The molecule has 0 aromatic carbocycles. The topological polar surface area (TPSA) is 51.5 Å². The van der Waals surface area contributed by atoms with Crippen LogP contribution in [-0.4, -0.2) is 41.2 Å². The van der Waals surface area contributed by atoms with E-state index in [9.17, 15) is 9.59 Å². The Balaban J connectivity index is 1.85. The van der Waals surface area contributed by atoms with Crippen LogP contribution in [0.1, 0.15) is 26.7 Å². The van der Waals surface area contributed by atoms with Gasteiger partial charge >= 0.3 is 0 Å². The summed E-state index contributed by atoms with van der Waals surface area (Å²) in [6.07, 6.45) is 3.64. The molecule has 0 bridgehead atoms. The first-order chi connectivity index (χ1) is 10.5. The van der Waals surface area contributed by atoms with Gasteiger partial charge < -0.3 is 14.2 Å². The molecule has 1 saturated heterocycles. The summed E-state index contributed by atoms with van der Waals surface area (Å²) in [5.41, 5.74) is -0.160. The van der Waals surface area contributed by atoms with Crippen molar-refractivity contribution in [2.75, 3.05) is 19.7 Å². The second-order valence-electron chi connectivity index (χ2n) is 6.12. The minimum Gasteiger partial charge on any atom is -0.378 e. The maximum Gasteiger partial charge on any atom is 0.251 e. The van der Waals surface area contributed by atoms with Crippen LogP contribution in [0, 0.1) is 5.92 Å². The molecule has 1 fully saturated rings. The third kappa shape index (κ3) is 4.95. The third-order valence-electron chi connectivity index (χ3n) is 3.71. The molecule has 1 aliphatic rings. The van der Waals surface area contributed by atoms with E-state index in [0.29, 0.717) is 19.0 Å². The van der Waals surface area contributed by atoms with Crippen molar-refractivity contribution in [2.45, 2.75) is 39.3 Å². The molecule has 0 radical (unpaired) electrons. The Labute approximate surface area is 139 Å². The Morgan fingerprint density at radius 3 is 2.68 bits per heavy atom. The number of carbonyl (C=O) groups excluding carboxylic acids is 1. The van der Waals surface area contributed by atoms with E-state index < -0.39 is 0 Å². The number of amides is 1. The molecule has 6 heteroatoms. The van der Waals surface area contributed by atoms with Gasteiger partial charge in [0, 0.05) is 36.4 Å². The third-order valence-corrected chi connectivity index (χ3v) is 4.18. The lowest BCUT2D eigenvalue weighted by molar-refractivity contribution is -0.134. The number of nitrogens with zero attached hydrogens (tertiary/aromatic N) is 2. The molecule has 0 spiro atoms. The number of rotatable bonds is 5.